The number of hydrogen-bond acceptors (Lipinski definition) is 7. The minimum Gasteiger partial charge on any atom is -0.507 e. The number of benzene rings is 3. The normalized spacial score (nSPS) is 10.9. The second-order valence-electron chi connectivity index (χ2n) is 7.28. The zero-order valence-corrected chi connectivity index (χ0v) is 18.1. The maximum atomic E-state index is 10.3. The van der Waals surface area contributed by atoms with Gasteiger partial charge in [-0.15, -0.1) is 0 Å². The van der Waals surface area contributed by atoms with E-state index < -0.39 is 0 Å². The molecular weight excluding hydrogens is 416 g/mol. The molecule has 0 saturated carbocycles. The van der Waals surface area contributed by atoms with Crippen LogP contribution in [0.1, 0.15) is 18.9 Å². The number of hydrogen-bond donors (Lipinski definition) is 3. The minimum absolute atomic E-state index is 0.0583. The molecule has 0 radical (unpaired) electrons. The Kier molecular flexibility index (Phi) is 6.80. The predicted molar refractivity (Wildman–Crippen MR) is 130 cm³/mol. The van der Waals surface area contributed by atoms with Crippen molar-refractivity contribution in [3.63, 3.8) is 0 Å². The number of nitrogens with one attached hydrogen (secondary N) is 1. The van der Waals surface area contributed by atoms with E-state index in [1.807, 2.05) is 49.4 Å². The summed E-state index contributed by atoms with van der Waals surface area (Å²) < 4.78 is 5.52. The van der Waals surface area contributed by atoms with Crippen LogP contribution in [0.5, 0.6) is 17.2 Å². The van der Waals surface area contributed by atoms with Gasteiger partial charge in [-0.3, -0.25) is 0 Å². The molecule has 7 heteroatoms. The van der Waals surface area contributed by atoms with Crippen LogP contribution in [0, 0.1) is 0 Å². The van der Waals surface area contributed by atoms with Gasteiger partial charge in [0, 0.05) is 22.8 Å². The summed E-state index contributed by atoms with van der Waals surface area (Å²) >= 11 is 0. The highest BCUT2D eigenvalue weighted by atomic mass is 16.5. The number of nitrogens with zero attached hydrogens (tertiary/aromatic N) is 3. The molecule has 3 N–H and O–H groups in total. The van der Waals surface area contributed by atoms with Crippen molar-refractivity contribution in [2.45, 2.75) is 13.3 Å². The molecule has 3 aromatic carbocycles. The SMILES string of the molecule is CCCOc1ccc(/C=N\Nc2nc(-c3ccccc3)cc(-c3ccccc3O)n2)c(O)c1. The van der Waals surface area contributed by atoms with Crippen molar-refractivity contribution in [2.75, 3.05) is 12.0 Å². The monoisotopic (exact) mass is 440 g/mol. The molecule has 0 amide bonds. The van der Waals surface area contributed by atoms with E-state index >= 15 is 0 Å². The van der Waals surface area contributed by atoms with Gasteiger partial charge in [0.15, 0.2) is 0 Å². The van der Waals surface area contributed by atoms with E-state index in [0.29, 0.717) is 34.9 Å². The van der Waals surface area contributed by atoms with Crippen LogP contribution in [-0.2, 0) is 0 Å². The molecule has 4 rings (SSSR count). The van der Waals surface area contributed by atoms with Gasteiger partial charge in [-0.1, -0.05) is 49.4 Å². The van der Waals surface area contributed by atoms with E-state index in [-0.39, 0.29) is 17.4 Å². The summed E-state index contributed by atoms with van der Waals surface area (Å²) in [5.74, 6) is 1.04. The Labute approximate surface area is 192 Å². The zero-order chi connectivity index (χ0) is 23.0. The first-order valence-electron chi connectivity index (χ1n) is 10.6. The summed E-state index contributed by atoms with van der Waals surface area (Å²) in [4.78, 5) is 9.07. The van der Waals surface area contributed by atoms with Crippen LogP contribution >= 0.6 is 0 Å². The lowest BCUT2D eigenvalue weighted by Crippen LogP contribution is -2.00. The second-order valence-corrected chi connectivity index (χ2v) is 7.28. The van der Waals surface area contributed by atoms with Gasteiger partial charge in [-0.2, -0.15) is 5.10 Å². The predicted octanol–water partition coefficient (Wildman–Crippen LogP) is 5.46. The summed E-state index contributed by atoms with van der Waals surface area (Å²) in [6.45, 7) is 2.61. The average Bonchev–Trinajstić information content (AvgIpc) is 2.84. The van der Waals surface area contributed by atoms with E-state index in [4.69, 9.17) is 4.74 Å². The Hall–Kier alpha value is -4.39. The molecule has 166 valence electrons. The van der Waals surface area contributed by atoms with Gasteiger partial charge in [0.2, 0.25) is 5.95 Å². The Balaban J connectivity index is 1.62. The summed E-state index contributed by atoms with van der Waals surface area (Å²) in [6, 6.07) is 23.6. The Morgan fingerprint density at radius 1 is 0.879 bits per heavy atom. The van der Waals surface area contributed by atoms with Crippen molar-refractivity contribution in [3.05, 3.63) is 84.4 Å². The minimum atomic E-state index is 0.0583. The largest absolute Gasteiger partial charge is 0.507 e. The lowest BCUT2D eigenvalue weighted by atomic mass is 10.1. The van der Waals surface area contributed by atoms with Crippen molar-refractivity contribution >= 4 is 12.2 Å². The van der Waals surface area contributed by atoms with Gasteiger partial charge < -0.3 is 14.9 Å². The van der Waals surface area contributed by atoms with Crippen molar-refractivity contribution in [1.29, 1.82) is 0 Å². The lowest BCUT2D eigenvalue weighted by molar-refractivity contribution is 0.315. The zero-order valence-electron chi connectivity index (χ0n) is 18.1. The highest BCUT2D eigenvalue weighted by Gasteiger charge is 2.11. The van der Waals surface area contributed by atoms with E-state index in [0.717, 1.165) is 12.0 Å². The quantitative estimate of drug-likeness (QED) is 0.249. The number of hydrazone groups is 1. The molecule has 0 aliphatic heterocycles. The first kappa shape index (κ1) is 21.8. The van der Waals surface area contributed by atoms with Gasteiger partial charge >= 0.3 is 0 Å². The second kappa shape index (κ2) is 10.3. The highest BCUT2D eigenvalue weighted by molar-refractivity contribution is 5.84. The van der Waals surface area contributed by atoms with Crippen LogP contribution in [0.4, 0.5) is 5.95 Å². The fourth-order valence-electron chi connectivity index (χ4n) is 3.18. The number of phenols is 2. The summed E-state index contributed by atoms with van der Waals surface area (Å²) in [5.41, 5.74) is 6.08. The number of phenolic OH excluding ortho intramolecular Hbond substituents is 2. The van der Waals surface area contributed by atoms with Crippen LogP contribution in [0.15, 0.2) is 84.0 Å². The smallest absolute Gasteiger partial charge is 0.244 e. The fraction of sp³-hybridized carbons (Fsp3) is 0.115. The first-order chi connectivity index (χ1) is 16.1. The van der Waals surface area contributed by atoms with Gasteiger partial charge in [0.25, 0.3) is 0 Å². The van der Waals surface area contributed by atoms with E-state index in [1.54, 1.807) is 36.4 Å². The molecule has 0 unspecified atom stereocenters. The van der Waals surface area contributed by atoms with Gasteiger partial charge in [-0.05, 0) is 36.8 Å². The van der Waals surface area contributed by atoms with Gasteiger partial charge in [-0.25, -0.2) is 15.4 Å². The standard InChI is InChI=1S/C26H24N4O3/c1-2-14-33-20-13-12-19(25(32)15-20)17-27-30-26-28-22(18-8-4-3-5-9-18)16-23(29-26)21-10-6-7-11-24(21)31/h3-13,15-17,31-32H,2,14H2,1H3,(H,28,29,30)/b27-17-. The summed E-state index contributed by atoms with van der Waals surface area (Å²) in [7, 11) is 0. The van der Waals surface area contributed by atoms with Crippen LogP contribution in [0.3, 0.4) is 0 Å². The fourth-order valence-corrected chi connectivity index (χ4v) is 3.18. The maximum Gasteiger partial charge on any atom is 0.244 e. The molecule has 0 saturated heterocycles. The average molecular weight is 441 g/mol. The summed E-state index contributed by atoms with van der Waals surface area (Å²) in [6.07, 6.45) is 2.37. The van der Waals surface area contributed by atoms with Crippen molar-refractivity contribution in [3.8, 4) is 39.8 Å². The third kappa shape index (κ3) is 5.46. The van der Waals surface area contributed by atoms with E-state index in [9.17, 15) is 10.2 Å². The van der Waals surface area contributed by atoms with Crippen LogP contribution in [0.25, 0.3) is 22.5 Å². The molecule has 4 aromatic rings. The molecule has 7 nitrogen and oxygen atoms in total. The number of anilines is 1. The molecular formula is C26H24N4O3. The Bertz CT molecular complexity index is 1260. The molecule has 1 aromatic heterocycles. The molecule has 0 fully saturated rings. The number of para-hydroxylation sites is 1. The van der Waals surface area contributed by atoms with Crippen LogP contribution < -0.4 is 10.2 Å². The topological polar surface area (TPSA) is 99.9 Å². The molecule has 0 spiro atoms. The molecule has 33 heavy (non-hydrogen) atoms. The molecule has 0 bridgehead atoms. The van der Waals surface area contributed by atoms with Crippen molar-refractivity contribution in [2.24, 2.45) is 5.10 Å². The Morgan fingerprint density at radius 3 is 2.39 bits per heavy atom. The summed E-state index contributed by atoms with van der Waals surface area (Å²) in [5, 5.41) is 24.7. The van der Waals surface area contributed by atoms with E-state index in [1.165, 1.54) is 6.21 Å². The van der Waals surface area contributed by atoms with Crippen molar-refractivity contribution in [1.82, 2.24) is 9.97 Å². The number of ether oxygens (including phenoxy) is 1. The lowest BCUT2D eigenvalue weighted by Gasteiger charge is -2.09. The third-order valence-corrected chi connectivity index (χ3v) is 4.82. The molecule has 0 aliphatic rings. The number of aromatic hydroxyl groups is 2. The molecule has 0 atom stereocenters. The Morgan fingerprint density at radius 2 is 1.64 bits per heavy atom. The third-order valence-electron chi connectivity index (χ3n) is 4.82. The van der Waals surface area contributed by atoms with Gasteiger partial charge in [0.05, 0.1) is 24.2 Å². The highest BCUT2D eigenvalue weighted by Crippen LogP contribution is 2.30. The number of aromatic nitrogens is 2. The van der Waals surface area contributed by atoms with Crippen LogP contribution in [0.2, 0.25) is 0 Å². The molecule has 0 aliphatic carbocycles. The van der Waals surface area contributed by atoms with Crippen molar-refractivity contribution < 1.29 is 14.9 Å². The van der Waals surface area contributed by atoms with E-state index in [2.05, 4.69) is 20.5 Å². The first-order valence-corrected chi connectivity index (χ1v) is 10.6. The van der Waals surface area contributed by atoms with Crippen LogP contribution in [-0.4, -0.2) is 33.0 Å². The number of rotatable bonds is 8. The molecule has 1 heterocycles. The maximum absolute atomic E-state index is 10.3. The van der Waals surface area contributed by atoms with Gasteiger partial charge in [0.1, 0.15) is 17.2 Å².